The second-order valence-electron chi connectivity index (χ2n) is 6.34. The van der Waals surface area contributed by atoms with Gasteiger partial charge in [-0.3, -0.25) is 4.79 Å². The summed E-state index contributed by atoms with van der Waals surface area (Å²) in [4.78, 5) is 16.5. The maximum absolute atomic E-state index is 12.1. The summed E-state index contributed by atoms with van der Waals surface area (Å²) in [6.45, 7) is 0.625. The number of nitrogens with zero attached hydrogens (tertiary/aromatic N) is 2. The number of aryl methyl sites for hydroxylation is 1. The van der Waals surface area contributed by atoms with Gasteiger partial charge in [0.2, 0.25) is 17.6 Å². The van der Waals surface area contributed by atoms with Crippen molar-refractivity contribution in [2.24, 2.45) is 11.7 Å². The van der Waals surface area contributed by atoms with Crippen LogP contribution in [0, 0.1) is 5.92 Å². The lowest BCUT2D eigenvalue weighted by atomic mass is 10.0. The zero-order chi connectivity index (χ0) is 17.6. The summed E-state index contributed by atoms with van der Waals surface area (Å²) >= 11 is 0. The summed E-state index contributed by atoms with van der Waals surface area (Å²) in [7, 11) is 1.62. The molecule has 25 heavy (non-hydrogen) atoms. The maximum atomic E-state index is 12.1. The fourth-order valence-corrected chi connectivity index (χ4v) is 3.22. The molecule has 0 saturated heterocycles. The highest BCUT2D eigenvalue weighted by Crippen LogP contribution is 2.24. The zero-order valence-corrected chi connectivity index (χ0v) is 14.4. The third-order valence-corrected chi connectivity index (χ3v) is 4.69. The number of carbonyl (C=O) groups excluding carboxylic acids is 1. The highest BCUT2D eigenvalue weighted by molar-refractivity contribution is 5.76. The Kier molecular flexibility index (Phi) is 5.65. The van der Waals surface area contributed by atoms with E-state index in [2.05, 4.69) is 15.5 Å². The monoisotopic (exact) mass is 344 g/mol. The van der Waals surface area contributed by atoms with Gasteiger partial charge >= 0.3 is 0 Å². The normalized spacial score (nSPS) is 19.8. The molecule has 2 unspecified atom stereocenters. The van der Waals surface area contributed by atoms with E-state index in [-0.39, 0.29) is 11.9 Å². The molecule has 3 rings (SSSR count). The highest BCUT2D eigenvalue weighted by atomic mass is 16.5. The van der Waals surface area contributed by atoms with Gasteiger partial charge in [-0.25, -0.2) is 0 Å². The maximum Gasteiger partial charge on any atom is 0.227 e. The van der Waals surface area contributed by atoms with Crippen molar-refractivity contribution in [3.05, 3.63) is 30.2 Å². The topological polar surface area (TPSA) is 103 Å². The molecule has 1 heterocycles. The first kappa shape index (κ1) is 17.4. The lowest BCUT2D eigenvalue weighted by Crippen LogP contribution is -2.39. The fraction of sp³-hybridized carbons (Fsp3) is 0.500. The Hall–Kier alpha value is -2.41. The minimum absolute atomic E-state index is 0.00884. The number of nitrogens with one attached hydrogen (secondary N) is 1. The number of ether oxygens (including phenoxy) is 1. The number of amides is 1. The number of hydrogen-bond donors (Lipinski definition) is 2. The first-order chi connectivity index (χ1) is 12.2. The molecule has 1 aromatic carbocycles. The van der Waals surface area contributed by atoms with Crippen LogP contribution in [-0.4, -0.2) is 35.7 Å². The third-order valence-electron chi connectivity index (χ3n) is 4.69. The Morgan fingerprint density at radius 2 is 2.16 bits per heavy atom. The van der Waals surface area contributed by atoms with Crippen LogP contribution in [0.25, 0.3) is 11.4 Å². The van der Waals surface area contributed by atoms with E-state index in [0.29, 0.717) is 37.0 Å². The average Bonchev–Trinajstić information content (AvgIpc) is 3.29. The van der Waals surface area contributed by atoms with Crippen LogP contribution < -0.4 is 15.8 Å². The molecule has 1 aliphatic rings. The fourth-order valence-electron chi connectivity index (χ4n) is 3.22. The van der Waals surface area contributed by atoms with E-state index in [1.165, 1.54) is 0 Å². The van der Waals surface area contributed by atoms with E-state index in [9.17, 15) is 4.79 Å². The summed E-state index contributed by atoms with van der Waals surface area (Å²) in [5.41, 5.74) is 6.59. The largest absolute Gasteiger partial charge is 0.497 e. The molecule has 0 bridgehead atoms. The van der Waals surface area contributed by atoms with E-state index in [1.54, 1.807) is 7.11 Å². The molecule has 2 aromatic rings. The van der Waals surface area contributed by atoms with Gasteiger partial charge in [0, 0.05) is 24.4 Å². The molecule has 2 atom stereocenters. The number of hydrogen-bond acceptors (Lipinski definition) is 6. The van der Waals surface area contributed by atoms with Gasteiger partial charge in [-0.05, 0) is 49.6 Å². The van der Waals surface area contributed by atoms with Crippen molar-refractivity contribution in [2.45, 2.75) is 38.1 Å². The molecule has 1 aromatic heterocycles. The van der Waals surface area contributed by atoms with Crippen LogP contribution in [0.1, 0.15) is 31.6 Å². The minimum Gasteiger partial charge on any atom is -0.497 e. The molecular weight excluding hydrogens is 320 g/mol. The third kappa shape index (κ3) is 4.36. The van der Waals surface area contributed by atoms with Gasteiger partial charge in [-0.2, -0.15) is 4.98 Å². The Balaban J connectivity index is 1.52. The molecule has 0 spiro atoms. The number of carbonyl (C=O) groups is 1. The van der Waals surface area contributed by atoms with Crippen LogP contribution in [0.2, 0.25) is 0 Å². The van der Waals surface area contributed by atoms with E-state index in [1.807, 2.05) is 24.3 Å². The van der Waals surface area contributed by atoms with Crippen molar-refractivity contribution in [1.29, 1.82) is 0 Å². The van der Waals surface area contributed by atoms with Gasteiger partial charge in [-0.15, -0.1) is 0 Å². The van der Waals surface area contributed by atoms with Crippen LogP contribution >= 0.6 is 0 Å². The smallest absolute Gasteiger partial charge is 0.227 e. The van der Waals surface area contributed by atoms with E-state index >= 15 is 0 Å². The summed E-state index contributed by atoms with van der Waals surface area (Å²) in [5.74, 6) is 2.15. The molecule has 3 N–H and O–H groups in total. The Bertz CT molecular complexity index is 699. The lowest BCUT2D eigenvalue weighted by Gasteiger charge is -2.19. The van der Waals surface area contributed by atoms with Crippen molar-refractivity contribution in [3.8, 4) is 17.1 Å². The molecular formula is C18H24N4O3. The SMILES string of the molecule is COc1ccc(-c2noc(CCC(=O)NC3CCCC3CN)n2)cc1. The molecule has 7 heteroatoms. The molecule has 1 fully saturated rings. The van der Waals surface area contributed by atoms with Gasteiger partial charge in [0.1, 0.15) is 5.75 Å². The van der Waals surface area contributed by atoms with Crippen LogP contribution in [0.5, 0.6) is 5.75 Å². The average molecular weight is 344 g/mol. The van der Waals surface area contributed by atoms with Crippen LogP contribution in [-0.2, 0) is 11.2 Å². The predicted molar refractivity (Wildman–Crippen MR) is 92.9 cm³/mol. The number of benzene rings is 1. The second-order valence-corrected chi connectivity index (χ2v) is 6.34. The predicted octanol–water partition coefficient (Wildman–Crippen LogP) is 1.92. The Labute approximate surface area is 146 Å². The van der Waals surface area contributed by atoms with E-state index in [4.69, 9.17) is 15.0 Å². The van der Waals surface area contributed by atoms with E-state index in [0.717, 1.165) is 30.6 Å². The van der Waals surface area contributed by atoms with Gasteiger partial charge < -0.3 is 20.3 Å². The lowest BCUT2D eigenvalue weighted by molar-refractivity contribution is -0.122. The number of rotatable bonds is 7. The van der Waals surface area contributed by atoms with Crippen molar-refractivity contribution < 1.29 is 14.1 Å². The van der Waals surface area contributed by atoms with Crippen molar-refractivity contribution in [2.75, 3.05) is 13.7 Å². The van der Waals surface area contributed by atoms with Crippen LogP contribution in [0.3, 0.4) is 0 Å². The molecule has 1 saturated carbocycles. The Morgan fingerprint density at radius 1 is 1.36 bits per heavy atom. The van der Waals surface area contributed by atoms with Gasteiger partial charge in [0.15, 0.2) is 0 Å². The van der Waals surface area contributed by atoms with Gasteiger partial charge in [0.05, 0.1) is 7.11 Å². The summed E-state index contributed by atoms with van der Waals surface area (Å²) in [6.07, 6.45) is 3.99. The Morgan fingerprint density at radius 3 is 2.88 bits per heavy atom. The van der Waals surface area contributed by atoms with Gasteiger partial charge in [-0.1, -0.05) is 11.6 Å². The summed E-state index contributed by atoms with van der Waals surface area (Å²) in [5, 5.41) is 7.05. The van der Waals surface area contributed by atoms with Crippen molar-refractivity contribution in [3.63, 3.8) is 0 Å². The standard InChI is InChI=1S/C18H24N4O3/c1-24-14-7-5-12(6-8-14)18-21-17(25-22-18)10-9-16(23)20-15-4-2-3-13(15)11-19/h5-8,13,15H,2-4,9-11,19H2,1H3,(H,20,23). The highest BCUT2D eigenvalue weighted by Gasteiger charge is 2.27. The molecule has 7 nitrogen and oxygen atoms in total. The van der Waals surface area contributed by atoms with Crippen LogP contribution in [0.15, 0.2) is 28.8 Å². The molecule has 134 valence electrons. The van der Waals surface area contributed by atoms with Gasteiger partial charge in [0.25, 0.3) is 0 Å². The molecule has 1 amide bonds. The second kappa shape index (κ2) is 8.11. The summed E-state index contributed by atoms with van der Waals surface area (Å²) < 4.78 is 10.4. The van der Waals surface area contributed by atoms with Crippen molar-refractivity contribution in [1.82, 2.24) is 15.5 Å². The minimum atomic E-state index is 0.00884. The van der Waals surface area contributed by atoms with E-state index < -0.39 is 0 Å². The van der Waals surface area contributed by atoms with Crippen molar-refractivity contribution >= 4 is 5.91 Å². The summed E-state index contributed by atoms with van der Waals surface area (Å²) in [6, 6.07) is 7.62. The molecule has 1 aliphatic carbocycles. The zero-order valence-electron chi connectivity index (χ0n) is 14.4. The first-order valence-electron chi connectivity index (χ1n) is 8.66. The quantitative estimate of drug-likeness (QED) is 0.795. The first-order valence-corrected chi connectivity index (χ1v) is 8.66. The number of nitrogens with two attached hydrogens (primary N) is 1. The molecule has 0 aliphatic heterocycles. The number of aromatic nitrogens is 2. The number of methoxy groups -OCH3 is 1. The van der Waals surface area contributed by atoms with Crippen LogP contribution in [0.4, 0.5) is 0 Å². The molecule has 0 radical (unpaired) electrons.